The molecule has 0 spiro atoms. The molecule has 4 atom stereocenters. The molecular formula is C20H36N4O2. The zero-order valence-corrected chi connectivity index (χ0v) is 16.5. The summed E-state index contributed by atoms with van der Waals surface area (Å²) in [5.41, 5.74) is 0. The third kappa shape index (κ3) is 4.16. The van der Waals surface area contributed by atoms with Crippen molar-refractivity contribution in [2.75, 3.05) is 33.2 Å². The number of urea groups is 1. The number of likely N-dealkylation sites (tertiary alicyclic amines) is 1. The van der Waals surface area contributed by atoms with Crippen molar-refractivity contribution in [2.24, 2.45) is 11.8 Å². The van der Waals surface area contributed by atoms with Gasteiger partial charge in [-0.15, -0.1) is 0 Å². The molecule has 3 fully saturated rings. The summed E-state index contributed by atoms with van der Waals surface area (Å²) in [5, 5.41) is 5.82. The molecule has 2 N–H and O–H groups in total. The molecule has 3 rings (SSSR count). The number of carbonyl (C=O) groups is 2. The lowest BCUT2D eigenvalue weighted by Crippen LogP contribution is -2.66. The molecule has 3 heterocycles. The van der Waals surface area contributed by atoms with Gasteiger partial charge in [0.05, 0.1) is 0 Å². The molecule has 3 saturated heterocycles. The Labute approximate surface area is 158 Å². The van der Waals surface area contributed by atoms with E-state index in [1.165, 1.54) is 38.8 Å². The molecule has 0 saturated carbocycles. The summed E-state index contributed by atoms with van der Waals surface area (Å²) in [5.74, 6) is 1.29. The number of hydrogen-bond acceptors (Lipinski definition) is 3. The van der Waals surface area contributed by atoms with Gasteiger partial charge < -0.3 is 15.5 Å². The van der Waals surface area contributed by atoms with Crippen LogP contribution in [0, 0.1) is 11.8 Å². The van der Waals surface area contributed by atoms with E-state index in [2.05, 4.69) is 27.4 Å². The normalized spacial score (nSPS) is 31.2. The second-order valence-corrected chi connectivity index (χ2v) is 8.25. The first-order chi connectivity index (χ1) is 12.7. The standard InChI is InChI=1S/C20H36N4O2/c1-3-11-22-20(26)24-14-15-7-5-12-23-13-6-8-16(19(15)23)17(24)9-4-10-18(25)21-2/h15-17,19H,3-14H2,1-2H3,(H,21,25)(H,22,26)/t15-,16+,17+,19-/m0/s1. The van der Waals surface area contributed by atoms with Gasteiger partial charge in [0.1, 0.15) is 0 Å². The monoisotopic (exact) mass is 364 g/mol. The topological polar surface area (TPSA) is 64.7 Å². The molecule has 6 heteroatoms. The predicted octanol–water partition coefficient (Wildman–Crippen LogP) is 2.20. The van der Waals surface area contributed by atoms with Crippen LogP contribution in [0.3, 0.4) is 0 Å². The zero-order valence-electron chi connectivity index (χ0n) is 16.5. The Hall–Kier alpha value is -1.30. The van der Waals surface area contributed by atoms with E-state index in [-0.39, 0.29) is 18.0 Å². The van der Waals surface area contributed by atoms with Crippen LogP contribution in [0.1, 0.15) is 58.3 Å². The van der Waals surface area contributed by atoms with Crippen LogP contribution in [-0.2, 0) is 4.79 Å². The van der Waals surface area contributed by atoms with E-state index in [0.29, 0.717) is 24.3 Å². The summed E-state index contributed by atoms with van der Waals surface area (Å²) in [6.45, 7) is 6.17. The third-order valence-electron chi connectivity index (χ3n) is 6.64. The fourth-order valence-corrected chi connectivity index (χ4v) is 5.53. The summed E-state index contributed by atoms with van der Waals surface area (Å²) in [6.07, 6.45) is 8.29. The minimum atomic E-state index is 0.101. The van der Waals surface area contributed by atoms with Gasteiger partial charge in [-0.05, 0) is 69.9 Å². The maximum Gasteiger partial charge on any atom is 0.317 e. The quantitative estimate of drug-likeness (QED) is 0.759. The SMILES string of the molecule is CCCNC(=O)N1C[C@@H]2CCCN3CCC[C@@H]([C@H]23)[C@H]1CCCC(=O)NC. The first-order valence-corrected chi connectivity index (χ1v) is 10.6. The molecule has 0 unspecified atom stereocenters. The third-order valence-corrected chi connectivity index (χ3v) is 6.64. The highest BCUT2D eigenvalue weighted by atomic mass is 16.2. The number of amides is 3. The van der Waals surface area contributed by atoms with E-state index in [1.54, 1.807) is 7.05 Å². The van der Waals surface area contributed by atoms with Crippen molar-refractivity contribution in [3.63, 3.8) is 0 Å². The molecule has 3 aliphatic rings. The Bertz CT molecular complexity index is 496. The van der Waals surface area contributed by atoms with Crippen molar-refractivity contribution in [3.8, 4) is 0 Å². The van der Waals surface area contributed by atoms with Crippen molar-refractivity contribution >= 4 is 11.9 Å². The smallest absolute Gasteiger partial charge is 0.317 e. The molecular weight excluding hydrogens is 328 g/mol. The number of piperidine rings is 3. The average Bonchev–Trinajstić information content (AvgIpc) is 2.67. The summed E-state index contributed by atoms with van der Waals surface area (Å²) < 4.78 is 0. The Balaban J connectivity index is 1.74. The van der Waals surface area contributed by atoms with Crippen LogP contribution in [0.5, 0.6) is 0 Å². The Morgan fingerprint density at radius 3 is 2.65 bits per heavy atom. The molecule has 0 bridgehead atoms. The lowest BCUT2D eigenvalue weighted by atomic mass is 9.69. The molecule has 3 aliphatic heterocycles. The number of rotatable bonds is 6. The predicted molar refractivity (Wildman–Crippen MR) is 103 cm³/mol. The highest BCUT2D eigenvalue weighted by molar-refractivity contribution is 5.75. The second kappa shape index (κ2) is 9.07. The van der Waals surface area contributed by atoms with Crippen LogP contribution >= 0.6 is 0 Å². The lowest BCUT2D eigenvalue weighted by molar-refractivity contribution is -0.120. The van der Waals surface area contributed by atoms with E-state index in [4.69, 9.17) is 0 Å². The van der Waals surface area contributed by atoms with Crippen LogP contribution in [0.25, 0.3) is 0 Å². The Kier molecular flexibility index (Phi) is 6.79. The first kappa shape index (κ1) is 19.5. The van der Waals surface area contributed by atoms with Gasteiger partial charge in [0.25, 0.3) is 0 Å². The van der Waals surface area contributed by atoms with E-state index in [9.17, 15) is 9.59 Å². The maximum atomic E-state index is 12.9. The average molecular weight is 365 g/mol. The van der Waals surface area contributed by atoms with Gasteiger partial charge in [0.15, 0.2) is 0 Å². The largest absolute Gasteiger partial charge is 0.359 e. The molecule has 0 aliphatic carbocycles. The fraction of sp³-hybridized carbons (Fsp3) is 0.900. The minimum absolute atomic E-state index is 0.101. The van der Waals surface area contributed by atoms with Crippen molar-refractivity contribution in [3.05, 3.63) is 0 Å². The van der Waals surface area contributed by atoms with Crippen LogP contribution < -0.4 is 10.6 Å². The maximum absolute atomic E-state index is 12.9. The van der Waals surface area contributed by atoms with Gasteiger partial charge in [-0.3, -0.25) is 9.69 Å². The highest BCUT2D eigenvalue weighted by Gasteiger charge is 2.49. The molecule has 6 nitrogen and oxygen atoms in total. The Morgan fingerprint density at radius 2 is 1.92 bits per heavy atom. The first-order valence-electron chi connectivity index (χ1n) is 10.6. The number of nitrogens with one attached hydrogen (secondary N) is 2. The number of hydrogen-bond donors (Lipinski definition) is 2. The molecule has 0 aromatic heterocycles. The van der Waals surface area contributed by atoms with Crippen LogP contribution in [0.4, 0.5) is 4.79 Å². The van der Waals surface area contributed by atoms with E-state index in [0.717, 1.165) is 32.4 Å². The van der Waals surface area contributed by atoms with Gasteiger partial charge in [-0.1, -0.05) is 6.92 Å². The van der Waals surface area contributed by atoms with Crippen molar-refractivity contribution in [2.45, 2.75) is 70.4 Å². The van der Waals surface area contributed by atoms with E-state index in [1.807, 2.05) is 0 Å². The van der Waals surface area contributed by atoms with Crippen LogP contribution in [0.15, 0.2) is 0 Å². The van der Waals surface area contributed by atoms with Crippen LogP contribution in [-0.4, -0.2) is 67.0 Å². The Morgan fingerprint density at radius 1 is 1.15 bits per heavy atom. The summed E-state index contributed by atoms with van der Waals surface area (Å²) in [7, 11) is 1.69. The summed E-state index contributed by atoms with van der Waals surface area (Å²) >= 11 is 0. The zero-order chi connectivity index (χ0) is 18.5. The lowest BCUT2D eigenvalue weighted by Gasteiger charge is -2.57. The highest BCUT2D eigenvalue weighted by Crippen LogP contribution is 2.43. The second-order valence-electron chi connectivity index (χ2n) is 8.25. The molecule has 26 heavy (non-hydrogen) atoms. The van der Waals surface area contributed by atoms with Crippen molar-refractivity contribution in [1.82, 2.24) is 20.4 Å². The molecule has 0 aromatic rings. The number of carbonyl (C=O) groups excluding carboxylic acids is 2. The fourth-order valence-electron chi connectivity index (χ4n) is 5.53. The van der Waals surface area contributed by atoms with Gasteiger partial charge >= 0.3 is 6.03 Å². The van der Waals surface area contributed by atoms with Gasteiger partial charge in [0.2, 0.25) is 5.91 Å². The van der Waals surface area contributed by atoms with Crippen LogP contribution in [0.2, 0.25) is 0 Å². The summed E-state index contributed by atoms with van der Waals surface area (Å²) in [6, 6.07) is 1.04. The van der Waals surface area contributed by atoms with E-state index >= 15 is 0 Å². The minimum Gasteiger partial charge on any atom is -0.359 e. The van der Waals surface area contributed by atoms with Gasteiger partial charge in [-0.25, -0.2) is 4.79 Å². The van der Waals surface area contributed by atoms with Gasteiger partial charge in [0, 0.05) is 38.6 Å². The summed E-state index contributed by atoms with van der Waals surface area (Å²) in [4.78, 5) is 29.4. The van der Waals surface area contributed by atoms with Gasteiger partial charge in [-0.2, -0.15) is 0 Å². The van der Waals surface area contributed by atoms with Crippen molar-refractivity contribution in [1.29, 1.82) is 0 Å². The van der Waals surface area contributed by atoms with E-state index < -0.39 is 0 Å². The molecule has 148 valence electrons. The molecule has 0 radical (unpaired) electrons. The molecule has 0 aromatic carbocycles. The van der Waals surface area contributed by atoms with Crippen molar-refractivity contribution < 1.29 is 9.59 Å². The number of nitrogens with zero attached hydrogens (tertiary/aromatic N) is 2. The molecule has 3 amide bonds.